The first-order valence-electron chi connectivity index (χ1n) is 7.76. The molecular formula is C17H28N2O. The lowest BCUT2D eigenvalue weighted by Crippen LogP contribution is -2.55. The minimum absolute atomic E-state index is 0.0589. The van der Waals surface area contributed by atoms with E-state index in [4.69, 9.17) is 10.5 Å². The Kier molecular flexibility index (Phi) is 5.44. The molecule has 3 heteroatoms. The van der Waals surface area contributed by atoms with Crippen LogP contribution in [0, 0.1) is 0 Å². The van der Waals surface area contributed by atoms with E-state index in [1.165, 1.54) is 37.7 Å². The van der Waals surface area contributed by atoms with E-state index in [2.05, 4.69) is 24.4 Å². The lowest BCUT2D eigenvalue weighted by molar-refractivity contribution is 0.264. The molecule has 112 valence electrons. The van der Waals surface area contributed by atoms with Crippen molar-refractivity contribution in [3.8, 4) is 5.75 Å². The standard InChI is InChI=1S/C17H28N2O/c1-17(13-18,19-15-9-4-3-5-10-15)12-14-8-6-7-11-16(14)20-2/h6-8,11,15,19H,3-5,9-10,12-13,18H2,1-2H3. The van der Waals surface area contributed by atoms with Gasteiger partial charge in [0, 0.05) is 18.1 Å². The molecule has 0 bridgehead atoms. The second kappa shape index (κ2) is 7.09. The Bertz CT molecular complexity index is 415. The molecule has 2 rings (SSSR count). The molecule has 1 fully saturated rings. The highest BCUT2D eigenvalue weighted by atomic mass is 16.5. The van der Waals surface area contributed by atoms with Gasteiger partial charge in [0.25, 0.3) is 0 Å². The molecule has 1 aromatic rings. The van der Waals surface area contributed by atoms with E-state index in [1.54, 1.807) is 7.11 Å². The fourth-order valence-electron chi connectivity index (χ4n) is 3.19. The van der Waals surface area contributed by atoms with Crippen LogP contribution in [-0.4, -0.2) is 25.2 Å². The predicted molar refractivity (Wildman–Crippen MR) is 84.2 cm³/mol. The zero-order chi connectivity index (χ0) is 14.4. The van der Waals surface area contributed by atoms with Gasteiger partial charge in [0.1, 0.15) is 5.75 Å². The van der Waals surface area contributed by atoms with Crippen molar-refractivity contribution in [1.29, 1.82) is 0 Å². The number of hydrogen-bond donors (Lipinski definition) is 2. The number of nitrogens with two attached hydrogens (primary N) is 1. The molecule has 3 N–H and O–H groups in total. The minimum Gasteiger partial charge on any atom is -0.496 e. The van der Waals surface area contributed by atoms with E-state index < -0.39 is 0 Å². The molecule has 20 heavy (non-hydrogen) atoms. The average molecular weight is 276 g/mol. The first kappa shape index (κ1) is 15.3. The predicted octanol–water partition coefficient (Wildman–Crippen LogP) is 2.88. The summed E-state index contributed by atoms with van der Waals surface area (Å²) in [5, 5.41) is 3.80. The fourth-order valence-corrected chi connectivity index (χ4v) is 3.19. The van der Waals surface area contributed by atoms with Gasteiger partial charge in [-0.05, 0) is 37.8 Å². The van der Waals surface area contributed by atoms with Crippen molar-refractivity contribution in [3.63, 3.8) is 0 Å². The van der Waals surface area contributed by atoms with Crippen LogP contribution >= 0.6 is 0 Å². The molecule has 0 spiro atoms. The highest BCUT2D eigenvalue weighted by molar-refractivity contribution is 5.34. The molecule has 0 heterocycles. The second-order valence-electron chi connectivity index (χ2n) is 6.23. The van der Waals surface area contributed by atoms with Gasteiger partial charge in [-0.3, -0.25) is 0 Å². The van der Waals surface area contributed by atoms with Gasteiger partial charge in [-0.25, -0.2) is 0 Å². The molecule has 3 nitrogen and oxygen atoms in total. The van der Waals surface area contributed by atoms with Crippen LogP contribution in [0.4, 0.5) is 0 Å². The second-order valence-corrected chi connectivity index (χ2v) is 6.23. The summed E-state index contributed by atoms with van der Waals surface area (Å²) in [6.07, 6.45) is 7.52. The molecule has 1 atom stereocenters. The lowest BCUT2D eigenvalue weighted by atomic mass is 9.88. The molecule has 0 amide bonds. The van der Waals surface area contributed by atoms with E-state index in [0.29, 0.717) is 12.6 Å². The normalized spacial score (nSPS) is 19.6. The Hall–Kier alpha value is -1.06. The number of methoxy groups -OCH3 is 1. The third kappa shape index (κ3) is 3.97. The molecule has 0 aliphatic heterocycles. The zero-order valence-electron chi connectivity index (χ0n) is 12.8. The van der Waals surface area contributed by atoms with Gasteiger partial charge in [0.15, 0.2) is 0 Å². The van der Waals surface area contributed by atoms with E-state index in [1.807, 2.05) is 12.1 Å². The molecule has 1 aliphatic carbocycles. The summed E-state index contributed by atoms with van der Waals surface area (Å²) in [4.78, 5) is 0. The third-order valence-electron chi connectivity index (χ3n) is 4.38. The first-order valence-corrected chi connectivity index (χ1v) is 7.76. The summed E-state index contributed by atoms with van der Waals surface area (Å²) < 4.78 is 5.46. The molecule has 0 radical (unpaired) electrons. The summed E-state index contributed by atoms with van der Waals surface area (Å²) in [5.41, 5.74) is 7.23. The van der Waals surface area contributed by atoms with Crippen molar-refractivity contribution in [1.82, 2.24) is 5.32 Å². The van der Waals surface area contributed by atoms with Gasteiger partial charge in [-0.15, -0.1) is 0 Å². The van der Waals surface area contributed by atoms with E-state index in [9.17, 15) is 0 Å². The van der Waals surface area contributed by atoms with Gasteiger partial charge in [-0.2, -0.15) is 0 Å². The van der Waals surface area contributed by atoms with Crippen molar-refractivity contribution in [2.45, 2.75) is 57.0 Å². The van der Waals surface area contributed by atoms with Crippen LogP contribution < -0.4 is 15.8 Å². The molecule has 1 aliphatic rings. The average Bonchev–Trinajstić information content (AvgIpc) is 2.49. The number of hydrogen-bond acceptors (Lipinski definition) is 3. The molecular weight excluding hydrogens is 248 g/mol. The Morgan fingerprint density at radius 3 is 2.60 bits per heavy atom. The van der Waals surface area contributed by atoms with Crippen molar-refractivity contribution < 1.29 is 4.74 Å². The van der Waals surface area contributed by atoms with Crippen LogP contribution in [-0.2, 0) is 6.42 Å². The van der Waals surface area contributed by atoms with Gasteiger partial charge in [0.2, 0.25) is 0 Å². The Morgan fingerprint density at radius 2 is 1.95 bits per heavy atom. The van der Waals surface area contributed by atoms with Crippen LogP contribution in [0.1, 0.15) is 44.6 Å². The zero-order valence-corrected chi connectivity index (χ0v) is 12.8. The largest absolute Gasteiger partial charge is 0.496 e. The van der Waals surface area contributed by atoms with Gasteiger partial charge < -0.3 is 15.8 Å². The van der Waals surface area contributed by atoms with Gasteiger partial charge >= 0.3 is 0 Å². The molecule has 1 saturated carbocycles. The number of ether oxygens (including phenoxy) is 1. The van der Waals surface area contributed by atoms with E-state index in [-0.39, 0.29) is 5.54 Å². The highest BCUT2D eigenvalue weighted by Crippen LogP contribution is 2.25. The summed E-state index contributed by atoms with van der Waals surface area (Å²) in [6.45, 7) is 2.87. The SMILES string of the molecule is COc1ccccc1CC(C)(CN)NC1CCCCC1. The maximum atomic E-state index is 6.06. The van der Waals surface area contributed by atoms with Crippen LogP contribution in [0.15, 0.2) is 24.3 Å². The summed E-state index contributed by atoms with van der Waals surface area (Å²) in [6, 6.07) is 8.85. The van der Waals surface area contributed by atoms with Crippen molar-refractivity contribution in [2.75, 3.05) is 13.7 Å². The van der Waals surface area contributed by atoms with E-state index >= 15 is 0 Å². The molecule has 1 unspecified atom stereocenters. The van der Waals surface area contributed by atoms with Gasteiger partial charge in [0.05, 0.1) is 7.11 Å². The monoisotopic (exact) mass is 276 g/mol. The summed E-state index contributed by atoms with van der Waals surface area (Å²) in [5.74, 6) is 0.956. The molecule has 0 saturated heterocycles. The van der Waals surface area contributed by atoms with Crippen molar-refractivity contribution >= 4 is 0 Å². The number of para-hydroxylation sites is 1. The number of benzene rings is 1. The summed E-state index contributed by atoms with van der Waals surface area (Å²) >= 11 is 0. The Morgan fingerprint density at radius 1 is 1.25 bits per heavy atom. The first-order chi connectivity index (χ1) is 9.67. The minimum atomic E-state index is -0.0589. The van der Waals surface area contributed by atoms with Crippen LogP contribution in [0.2, 0.25) is 0 Å². The topological polar surface area (TPSA) is 47.3 Å². The lowest BCUT2D eigenvalue weighted by Gasteiger charge is -2.36. The smallest absolute Gasteiger partial charge is 0.122 e. The van der Waals surface area contributed by atoms with E-state index in [0.717, 1.165) is 12.2 Å². The molecule has 0 aromatic heterocycles. The van der Waals surface area contributed by atoms with Crippen LogP contribution in [0.3, 0.4) is 0 Å². The number of rotatable bonds is 6. The quantitative estimate of drug-likeness (QED) is 0.840. The van der Waals surface area contributed by atoms with Crippen LogP contribution in [0.25, 0.3) is 0 Å². The maximum Gasteiger partial charge on any atom is 0.122 e. The Balaban J connectivity index is 2.05. The highest BCUT2D eigenvalue weighted by Gasteiger charge is 2.28. The maximum absolute atomic E-state index is 6.06. The molecule has 1 aromatic carbocycles. The summed E-state index contributed by atoms with van der Waals surface area (Å²) in [7, 11) is 1.73. The third-order valence-corrected chi connectivity index (χ3v) is 4.38. The van der Waals surface area contributed by atoms with Gasteiger partial charge in [-0.1, -0.05) is 37.5 Å². The van der Waals surface area contributed by atoms with Crippen molar-refractivity contribution in [2.24, 2.45) is 5.73 Å². The van der Waals surface area contributed by atoms with Crippen molar-refractivity contribution in [3.05, 3.63) is 29.8 Å². The van der Waals surface area contributed by atoms with Crippen LogP contribution in [0.5, 0.6) is 5.75 Å². The Labute approximate surface area is 122 Å². The fraction of sp³-hybridized carbons (Fsp3) is 0.647. The number of nitrogens with one attached hydrogen (secondary N) is 1.